The van der Waals surface area contributed by atoms with Gasteiger partial charge in [0.15, 0.2) is 0 Å². The van der Waals surface area contributed by atoms with Gasteiger partial charge in [0.1, 0.15) is 0 Å². The molecule has 0 atom stereocenters. The monoisotopic (exact) mass is 248 g/mol. The molecule has 1 aromatic heterocycles. The van der Waals surface area contributed by atoms with Gasteiger partial charge in [0, 0.05) is 0 Å². The van der Waals surface area contributed by atoms with Crippen LogP contribution in [-0.2, 0) is 0 Å². The second-order valence-corrected chi connectivity index (χ2v) is 3.38. The van der Waals surface area contributed by atoms with Gasteiger partial charge in [-0.25, -0.2) is 9.59 Å². The average molecular weight is 248 g/mol. The van der Waals surface area contributed by atoms with Gasteiger partial charge >= 0.3 is 11.9 Å². The van der Waals surface area contributed by atoms with Crippen molar-refractivity contribution in [3.05, 3.63) is 59.5 Å². The van der Waals surface area contributed by atoms with E-state index in [1.807, 2.05) is 12.1 Å². The van der Waals surface area contributed by atoms with Crippen molar-refractivity contribution in [1.29, 1.82) is 0 Å². The Hall–Kier alpha value is -2.56. The van der Waals surface area contributed by atoms with Gasteiger partial charge in [-0.3, -0.25) is 0 Å². The topological polar surface area (TPSA) is 87.7 Å². The number of hydrogen-bond acceptors (Lipinski definition) is 3. The van der Waals surface area contributed by atoms with E-state index in [1.54, 1.807) is 12.5 Å². The minimum absolute atomic E-state index is 0.0277. The molecule has 2 N–H and O–H groups in total. The quantitative estimate of drug-likeness (QED) is 0.853. The van der Waals surface area contributed by atoms with Crippen LogP contribution in [0.2, 0.25) is 0 Å². The predicted molar refractivity (Wildman–Crippen MR) is 63.8 cm³/mol. The smallest absolute Gasteiger partial charge is 0.335 e. The van der Waals surface area contributed by atoms with Gasteiger partial charge in [-0.15, -0.1) is 0 Å². The third-order valence-corrected chi connectivity index (χ3v) is 2.22. The molecule has 18 heavy (non-hydrogen) atoms. The molecule has 94 valence electrons. The normalized spacial score (nSPS) is 9.17. The molecule has 0 aliphatic carbocycles. The lowest BCUT2D eigenvalue weighted by Gasteiger charge is -2.03. The SMILES string of the molecule is Cc1c(C(=O)O)cccc1C(=O)O.c1ccoc1. The van der Waals surface area contributed by atoms with Crippen LogP contribution in [-0.4, -0.2) is 22.2 Å². The van der Waals surface area contributed by atoms with Gasteiger partial charge in [0.05, 0.1) is 23.7 Å². The molecule has 0 radical (unpaired) electrons. The van der Waals surface area contributed by atoms with Crippen molar-refractivity contribution in [3.8, 4) is 0 Å². The molecule has 2 rings (SSSR count). The van der Waals surface area contributed by atoms with Crippen molar-refractivity contribution < 1.29 is 24.2 Å². The van der Waals surface area contributed by atoms with Crippen molar-refractivity contribution in [2.45, 2.75) is 6.92 Å². The Morgan fingerprint density at radius 2 is 1.39 bits per heavy atom. The van der Waals surface area contributed by atoms with Gasteiger partial charge in [-0.1, -0.05) is 6.07 Å². The molecule has 2 aromatic rings. The fourth-order valence-electron chi connectivity index (χ4n) is 1.33. The first-order valence-corrected chi connectivity index (χ1v) is 5.07. The molecule has 0 spiro atoms. The van der Waals surface area contributed by atoms with Crippen LogP contribution in [0.4, 0.5) is 0 Å². The van der Waals surface area contributed by atoms with Gasteiger partial charge < -0.3 is 14.6 Å². The Morgan fingerprint density at radius 3 is 1.67 bits per heavy atom. The highest BCUT2D eigenvalue weighted by Crippen LogP contribution is 2.13. The standard InChI is InChI=1S/C9H8O4.C4H4O/c1-5-6(8(10)11)3-2-4-7(5)9(12)13;1-2-4-5-3-1/h2-4H,1H3,(H,10,11)(H,12,13);1-4H. The molecule has 1 heterocycles. The van der Waals surface area contributed by atoms with Gasteiger partial charge in [0.25, 0.3) is 0 Å². The molecule has 0 saturated heterocycles. The van der Waals surface area contributed by atoms with Crippen molar-refractivity contribution in [2.75, 3.05) is 0 Å². The molecular weight excluding hydrogens is 236 g/mol. The molecular formula is C13H12O5. The minimum atomic E-state index is -1.11. The molecule has 0 unspecified atom stereocenters. The van der Waals surface area contributed by atoms with Crippen molar-refractivity contribution in [3.63, 3.8) is 0 Å². The van der Waals surface area contributed by atoms with E-state index in [9.17, 15) is 9.59 Å². The number of aromatic carboxylic acids is 2. The molecule has 0 aliphatic heterocycles. The second-order valence-electron chi connectivity index (χ2n) is 3.38. The van der Waals surface area contributed by atoms with E-state index in [0.717, 1.165) is 0 Å². The van der Waals surface area contributed by atoms with Crippen LogP contribution in [0, 0.1) is 6.92 Å². The largest absolute Gasteiger partial charge is 0.478 e. The Kier molecular flexibility index (Phi) is 4.68. The third-order valence-electron chi connectivity index (χ3n) is 2.22. The Labute approximate surface area is 103 Å². The number of carbonyl (C=O) groups is 2. The Morgan fingerprint density at radius 1 is 0.944 bits per heavy atom. The van der Waals surface area contributed by atoms with Crippen molar-refractivity contribution in [1.82, 2.24) is 0 Å². The number of rotatable bonds is 2. The minimum Gasteiger partial charge on any atom is -0.478 e. The first kappa shape index (κ1) is 13.5. The highest BCUT2D eigenvalue weighted by atomic mass is 16.4. The maximum Gasteiger partial charge on any atom is 0.335 e. The van der Waals surface area contributed by atoms with E-state index in [0.29, 0.717) is 0 Å². The molecule has 0 saturated carbocycles. The molecule has 5 heteroatoms. The molecule has 5 nitrogen and oxygen atoms in total. The molecule has 0 bridgehead atoms. The van der Waals surface area contributed by atoms with Crippen molar-refractivity contribution >= 4 is 11.9 Å². The fraction of sp³-hybridized carbons (Fsp3) is 0.0769. The first-order valence-electron chi connectivity index (χ1n) is 5.07. The van der Waals surface area contributed by atoms with Gasteiger partial charge in [-0.2, -0.15) is 0 Å². The van der Waals surface area contributed by atoms with Crippen LogP contribution in [0.3, 0.4) is 0 Å². The lowest BCUT2D eigenvalue weighted by atomic mass is 10.0. The van der Waals surface area contributed by atoms with Crippen LogP contribution in [0.5, 0.6) is 0 Å². The lowest BCUT2D eigenvalue weighted by Crippen LogP contribution is -2.06. The second kappa shape index (κ2) is 6.24. The fourth-order valence-corrected chi connectivity index (χ4v) is 1.33. The predicted octanol–water partition coefficient (Wildman–Crippen LogP) is 2.67. The summed E-state index contributed by atoms with van der Waals surface area (Å²) in [6.07, 6.45) is 3.25. The highest BCUT2D eigenvalue weighted by Gasteiger charge is 2.13. The van der Waals surface area contributed by atoms with E-state index in [1.165, 1.54) is 25.1 Å². The summed E-state index contributed by atoms with van der Waals surface area (Å²) in [4.78, 5) is 21.2. The van der Waals surface area contributed by atoms with Crippen LogP contribution >= 0.6 is 0 Å². The van der Waals surface area contributed by atoms with E-state index < -0.39 is 11.9 Å². The molecule has 1 aromatic carbocycles. The van der Waals surface area contributed by atoms with E-state index in [4.69, 9.17) is 10.2 Å². The summed E-state index contributed by atoms with van der Waals surface area (Å²) < 4.78 is 4.58. The van der Waals surface area contributed by atoms with Crippen LogP contribution in [0.15, 0.2) is 47.3 Å². The first-order chi connectivity index (χ1) is 8.54. The molecule has 0 amide bonds. The van der Waals surface area contributed by atoms with Crippen LogP contribution in [0.1, 0.15) is 26.3 Å². The van der Waals surface area contributed by atoms with Crippen molar-refractivity contribution in [2.24, 2.45) is 0 Å². The molecule has 0 fully saturated rings. The van der Waals surface area contributed by atoms with E-state index >= 15 is 0 Å². The zero-order valence-electron chi connectivity index (χ0n) is 9.66. The summed E-state index contributed by atoms with van der Waals surface area (Å²) >= 11 is 0. The third kappa shape index (κ3) is 3.48. The van der Waals surface area contributed by atoms with Gasteiger partial charge in [0.2, 0.25) is 0 Å². The highest BCUT2D eigenvalue weighted by molar-refractivity contribution is 5.96. The summed E-state index contributed by atoms with van der Waals surface area (Å²) in [5.74, 6) is -2.22. The van der Waals surface area contributed by atoms with Crippen LogP contribution in [0.25, 0.3) is 0 Å². The summed E-state index contributed by atoms with van der Waals surface area (Å²) in [7, 11) is 0. The number of carboxylic acids is 2. The maximum absolute atomic E-state index is 10.6. The maximum atomic E-state index is 10.6. The lowest BCUT2D eigenvalue weighted by molar-refractivity contribution is 0.0696. The van der Waals surface area contributed by atoms with E-state index in [-0.39, 0.29) is 16.7 Å². The van der Waals surface area contributed by atoms with Gasteiger partial charge in [-0.05, 0) is 36.8 Å². The molecule has 0 aliphatic rings. The number of hydrogen-bond donors (Lipinski definition) is 2. The summed E-state index contributed by atoms with van der Waals surface area (Å²) in [6, 6.07) is 7.84. The average Bonchev–Trinajstić information content (AvgIpc) is 2.87. The summed E-state index contributed by atoms with van der Waals surface area (Å²) in [5.41, 5.74) is 0.335. The van der Waals surface area contributed by atoms with E-state index in [2.05, 4.69) is 4.42 Å². The summed E-state index contributed by atoms with van der Waals surface area (Å²) in [5, 5.41) is 17.4. The Bertz CT molecular complexity index is 479. The number of carboxylic acid groups (broad SMARTS) is 2. The summed E-state index contributed by atoms with van der Waals surface area (Å²) in [6.45, 7) is 1.48. The van der Waals surface area contributed by atoms with Crippen LogP contribution < -0.4 is 0 Å². The zero-order valence-corrected chi connectivity index (χ0v) is 9.66. The zero-order chi connectivity index (χ0) is 13.5. The number of benzene rings is 1. The number of furan rings is 1. The Balaban J connectivity index is 0.000000269.